The molecule has 7 rings (SSSR count). The molecule has 1 atom stereocenters. The molecule has 0 saturated carbocycles. The molecule has 1 N–H and O–H groups in total. The molecular weight excluding hydrogens is 404 g/mol. The maximum absolute atomic E-state index is 6.15. The number of nitrogens with zero attached hydrogens (tertiary/aromatic N) is 3. The Morgan fingerprint density at radius 1 is 1.07 bits per heavy atom. The van der Waals surface area contributed by atoms with Crippen LogP contribution in [0.2, 0.25) is 0 Å². The van der Waals surface area contributed by atoms with E-state index in [1.807, 2.05) is 42.5 Å². The van der Waals surface area contributed by atoms with Crippen LogP contribution < -0.4 is 14.2 Å². The third-order valence-corrected chi connectivity index (χ3v) is 6.15. The molecule has 8 nitrogen and oxygen atoms in total. The molecule has 4 aromatic rings. The Balaban J connectivity index is 1.25. The van der Waals surface area contributed by atoms with Gasteiger partial charge in [-0.05, 0) is 12.1 Å². The minimum Gasteiger partial charge on any atom is -0.493 e. The van der Waals surface area contributed by atoms with Crippen LogP contribution in [0.4, 0.5) is 0 Å². The van der Waals surface area contributed by atoms with Gasteiger partial charge in [-0.25, -0.2) is 4.98 Å². The number of para-hydroxylation sites is 1. The Labute approximate surface area is 175 Å². The van der Waals surface area contributed by atoms with Crippen molar-refractivity contribution in [2.75, 3.05) is 20.0 Å². The van der Waals surface area contributed by atoms with Crippen molar-refractivity contribution in [3.63, 3.8) is 0 Å². The highest BCUT2D eigenvalue weighted by molar-refractivity contribution is 7.99. The fourth-order valence-electron chi connectivity index (χ4n) is 3.73. The van der Waals surface area contributed by atoms with Gasteiger partial charge in [-0.1, -0.05) is 30.0 Å². The average molecular weight is 420 g/mol. The summed E-state index contributed by atoms with van der Waals surface area (Å²) in [6, 6.07) is 11.6. The Bertz CT molecular complexity index is 1350. The molecule has 150 valence electrons. The van der Waals surface area contributed by atoms with Gasteiger partial charge in [-0.2, -0.15) is 0 Å². The predicted octanol–water partition coefficient (Wildman–Crippen LogP) is 3.78. The molecule has 0 amide bonds. The zero-order chi connectivity index (χ0) is 20.3. The molecule has 2 bridgehead atoms. The van der Waals surface area contributed by atoms with Crippen LogP contribution in [-0.2, 0) is 4.74 Å². The molecule has 2 aromatic heterocycles. The zero-order valence-electron chi connectivity index (χ0n) is 16.1. The van der Waals surface area contributed by atoms with Crippen LogP contribution in [0.15, 0.2) is 47.6 Å². The minimum atomic E-state index is -0.856. The summed E-state index contributed by atoms with van der Waals surface area (Å²) in [7, 11) is 3.20. The van der Waals surface area contributed by atoms with Gasteiger partial charge in [0.05, 0.1) is 25.5 Å². The van der Waals surface area contributed by atoms with Crippen molar-refractivity contribution in [3.05, 3.63) is 48.0 Å². The number of methoxy groups -OCH3 is 2. The third kappa shape index (κ3) is 2.51. The quantitative estimate of drug-likeness (QED) is 0.488. The summed E-state index contributed by atoms with van der Waals surface area (Å²) >= 11 is 1.43. The normalized spacial score (nSPS) is 18.8. The van der Waals surface area contributed by atoms with Crippen LogP contribution >= 0.6 is 11.8 Å². The van der Waals surface area contributed by atoms with Crippen LogP contribution in [0.25, 0.3) is 27.8 Å². The standard InChI is InChI=1S/C21H16N4O4S/c1-26-15-7-12-14(8-16(15)27-2)28-21(9-17(12)29-21)10-30-20-23-19-18(24-25-20)11-5-3-4-6-13(11)22-19/h3-9H,10H2,1-2H3,(H,22,23,25). The minimum absolute atomic E-state index is 0.484. The number of aromatic nitrogens is 4. The highest BCUT2D eigenvalue weighted by atomic mass is 32.2. The van der Waals surface area contributed by atoms with Crippen LogP contribution in [0.5, 0.6) is 17.2 Å². The van der Waals surface area contributed by atoms with Crippen molar-refractivity contribution < 1.29 is 18.9 Å². The summed E-state index contributed by atoms with van der Waals surface area (Å²) in [5.41, 5.74) is 3.31. The lowest BCUT2D eigenvalue weighted by atomic mass is 10.0. The number of hydrogen-bond donors (Lipinski definition) is 1. The average Bonchev–Trinajstić information content (AvgIpc) is 3.13. The maximum Gasteiger partial charge on any atom is 0.284 e. The molecule has 0 saturated heterocycles. The molecule has 2 aromatic carbocycles. The maximum atomic E-state index is 6.15. The lowest BCUT2D eigenvalue weighted by Crippen LogP contribution is -2.48. The van der Waals surface area contributed by atoms with Crippen molar-refractivity contribution in [1.29, 1.82) is 0 Å². The van der Waals surface area contributed by atoms with Crippen LogP contribution in [0.1, 0.15) is 5.56 Å². The molecule has 30 heavy (non-hydrogen) atoms. The number of hydrogen-bond acceptors (Lipinski definition) is 8. The van der Waals surface area contributed by atoms with E-state index in [2.05, 4.69) is 20.2 Å². The van der Waals surface area contributed by atoms with Gasteiger partial charge < -0.3 is 23.9 Å². The van der Waals surface area contributed by atoms with Crippen molar-refractivity contribution >= 4 is 39.6 Å². The van der Waals surface area contributed by atoms with E-state index in [1.165, 1.54) is 11.8 Å². The lowest BCUT2D eigenvalue weighted by Gasteiger charge is -2.44. The summed E-state index contributed by atoms with van der Waals surface area (Å²) in [5, 5.41) is 10.2. The van der Waals surface area contributed by atoms with E-state index in [9.17, 15) is 0 Å². The van der Waals surface area contributed by atoms with E-state index < -0.39 is 5.79 Å². The summed E-state index contributed by atoms with van der Waals surface area (Å²) in [4.78, 5) is 7.89. The van der Waals surface area contributed by atoms with Crippen molar-refractivity contribution in [2.24, 2.45) is 0 Å². The summed E-state index contributed by atoms with van der Waals surface area (Å²) < 4.78 is 22.8. The molecule has 3 aliphatic heterocycles. The van der Waals surface area contributed by atoms with E-state index in [0.717, 1.165) is 27.7 Å². The first kappa shape index (κ1) is 17.4. The molecule has 0 fully saturated rings. The first-order valence-corrected chi connectivity index (χ1v) is 10.3. The Morgan fingerprint density at radius 3 is 2.70 bits per heavy atom. The number of nitrogens with one attached hydrogen (secondary N) is 1. The smallest absolute Gasteiger partial charge is 0.284 e. The number of rotatable bonds is 5. The molecule has 9 heteroatoms. The van der Waals surface area contributed by atoms with Crippen LogP contribution in [0, 0.1) is 0 Å². The van der Waals surface area contributed by atoms with Gasteiger partial charge in [-0.3, -0.25) is 0 Å². The van der Waals surface area contributed by atoms with E-state index in [-0.39, 0.29) is 0 Å². The fraction of sp³-hybridized carbons (Fsp3) is 0.190. The summed E-state index contributed by atoms with van der Waals surface area (Å²) in [6.45, 7) is 0. The van der Waals surface area contributed by atoms with E-state index >= 15 is 0 Å². The van der Waals surface area contributed by atoms with Gasteiger partial charge >= 0.3 is 0 Å². The topological polar surface area (TPSA) is 91.4 Å². The van der Waals surface area contributed by atoms with Gasteiger partial charge in [0.15, 0.2) is 17.1 Å². The van der Waals surface area contributed by atoms with Gasteiger partial charge in [-0.15, -0.1) is 10.2 Å². The number of aromatic amines is 1. The Hall–Kier alpha value is -3.46. The van der Waals surface area contributed by atoms with E-state index in [1.54, 1.807) is 14.2 Å². The molecule has 5 heterocycles. The molecule has 3 aliphatic rings. The highest BCUT2D eigenvalue weighted by Crippen LogP contribution is 2.51. The Kier molecular flexibility index (Phi) is 3.64. The molecule has 1 unspecified atom stereocenters. The predicted molar refractivity (Wildman–Crippen MR) is 112 cm³/mol. The van der Waals surface area contributed by atoms with E-state index in [0.29, 0.717) is 33.8 Å². The second kappa shape index (κ2) is 6.27. The largest absolute Gasteiger partial charge is 0.493 e. The van der Waals surface area contributed by atoms with Gasteiger partial charge in [0, 0.05) is 23.0 Å². The summed E-state index contributed by atoms with van der Waals surface area (Å²) in [5.74, 6) is 2.33. The first-order chi connectivity index (χ1) is 14.7. The number of H-pyrrole nitrogens is 1. The summed E-state index contributed by atoms with van der Waals surface area (Å²) in [6.07, 6.45) is 1.96. The third-order valence-electron chi connectivity index (χ3n) is 5.17. The van der Waals surface area contributed by atoms with Crippen LogP contribution in [0.3, 0.4) is 0 Å². The second-order valence-electron chi connectivity index (χ2n) is 6.98. The monoisotopic (exact) mass is 420 g/mol. The first-order valence-electron chi connectivity index (χ1n) is 9.29. The highest BCUT2D eigenvalue weighted by Gasteiger charge is 2.48. The molecule has 0 radical (unpaired) electrons. The van der Waals surface area contributed by atoms with Crippen LogP contribution in [-0.4, -0.2) is 45.9 Å². The molecule has 0 spiro atoms. The van der Waals surface area contributed by atoms with Crippen molar-refractivity contribution in [3.8, 4) is 17.2 Å². The van der Waals surface area contributed by atoms with Crippen molar-refractivity contribution in [1.82, 2.24) is 20.2 Å². The second-order valence-corrected chi connectivity index (χ2v) is 7.92. The van der Waals surface area contributed by atoms with Gasteiger partial charge in [0.25, 0.3) is 5.79 Å². The van der Waals surface area contributed by atoms with Crippen molar-refractivity contribution in [2.45, 2.75) is 10.9 Å². The zero-order valence-corrected chi connectivity index (χ0v) is 16.9. The van der Waals surface area contributed by atoms with Gasteiger partial charge in [0.2, 0.25) is 5.16 Å². The fourth-order valence-corrected chi connectivity index (χ4v) is 4.51. The Morgan fingerprint density at radius 2 is 1.87 bits per heavy atom. The van der Waals surface area contributed by atoms with E-state index in [4.69, 9.17) is 18.9 Å². The number of benzene rings is 2. The SMILES string of the molecule is COc1cc2c(cc1OC)C1=CC(CSc3nnc4c(n3)[nH]c3ccccc34)(O1)O2. The number of thioether (sulfide) groups is 1. The number of ether oxygens (including phenoxy) is 4. The lowest BCUT2D eigenvalue weighted by molar-refractivity contribution is -0.112. The number of fused-ring (bicyclic) bond motifs is 3. The van der Waals surface area contributed by atoms with Gasteiger partial charge in [0.1, 0.15) is 17.0 Å². The molecular formula is C21H16N4O4S. The molecule has 0 aliphatic carbocycles.